The summed E-state index contributed by atoms with van der Waals surface area (Å²) in [4.78, 5) is 4.22. The average Bonchev–Trinajstić information content (AvgIpc) is 2.83. The van der Waals surface area contributed by atoms with Crippen LogP contribution in [0.4, 0.5) is 0 Å². The van der Waals surface area contributed by atoms with Gasteiger partial charge in [-0.2, -0.15) is 5.10 Å². The van der Waals surface area contributed by atoms with Crippen molar-refractivity contribution < 1.29 is 9.84 Å². The minimum atomic E-state index is -0.497. The molecule has 20 heavy (non-hydrogen) atoms. The van der Waals surface area contributed by atoms with Gasteiger partial charge in [0, 0.05) is 6.54 Å². The summed E-state index contributed by atoms with van der Waals surface area (Å²) in [6.07, 6.45) is 1.05. The lowest BCUT2D eigenvalue weighted by molar-refractivity contribution is 0.198. The molecule has 5 nitrogen and oxygen atoms in total. The predicted octanol–water partition coefficient (Wildman–Crippen LogP) is 2.57. The molecule has 0 aliphatic carbocycles. The molecule has 0 aliphatic rings. The van der Waals surface area contributed by atoms with E-state index in [1.54, 1.807) is 13.3 Å². The second kappa shape index (κ2) is 6.52. The van der Waals surface area contributed by atoms with E-state index in [9.17, 15) is 5.11 Å². The molecule has 2 rings (SSSR count). The highest BCUT2D eigenvalue weighted by molar-refractivity contribution is 5.29. The number of benzene rings is 1. The Morgan fingerprint density at radius 3 is 2.80 bits per heavy atom. The SMILES string of the molecule is CC(C)Cn1ncnc1COc1cccc(C(C)O)c1. The smallest absolute Gasteiger partial charge is 0.164 e. The van der Waals surface area contributed by atoms with Crippen LogP contribution in [0.25, 0.3) is 0 Å². The van der Waals surface area contributed by atoms with Crippen molar-refractivity contribution in [1.29, 1.82) is 0 Å². The number of rotatable bonds is 6. The third-order valence-corrected chi connectivity index (χ3v) is 2.94. The Morgan fingerprint density at radius 1 is 1.30 bits per heavy atom. The zero-order chi connectivity index (χ0) is 14.5. The number of ether oxygens (including phenoxy) is 1. The van der Waals surface area contributed by atoms with Crippen LogP contribution >= 0.6 is 0 Å². The molecule has 0 saturated heterocycles. The number of aliphatic hydroxyl groups is 1. The van der Waals surface area contributed by atoms with E-state index in [0.29, 0.717) is 12.5 Å². The standard InChI is InChI=1S/C15H21N3O2/c1-11(2)8-18-15(16-10-17-18)9-20-14-6-4-5-13(7-14)12(3)19/h4-7,10-12,19H,8-9H2,1-3H3. The second-order valence-electron chi connectivity index (χ2n) is 5.29. The fourth-order valence-electron chi connectivity index (χ4n) is 1.91. The van der Waals surface area contributed by atoms with E-state index in [1.165, 1.54) is 0 Å². The van der Waals surface area contributed by atoms with Gasteiger partial charge in [-0.25, -0.2) is 9.67 Å². The summed E-state index contributed by atoms with van der Waals surface area (Å²) in [5.74, 6) is 2.04. The van der Waals surface area contributed by atoms with Gasteiger partial charge in [-0.05, 0) is 30.5 Å². The normalized spacial score (nSPS) is 12.7. The minimum absolute atomic E-state index is 0.371. The molecule has 0 amide bonds. The summed E-state index contributed by atoms with van der Waals surface area (Å²) in [7, 11) is 0. The second-order valence-corrected chi connectivity index (χ2v) is 5.29. The third-order valence-electron chi connectivity index (χ3n) is 2.94. The molecule has 0 aliphatic heterocycles. The molecule has 2 aromatic rings. The highest BCUT2D eigenvalue weighted by Crippen LogP contribution is 2.19. The van der Waals surface area contributed by atoms with Crippen molar-refractivity contribution in [1.82, 2.24) is 14.8 Å². The fourth-order valence-corrected chi connectivity index (χ4v) is 1.91. The summed E-state index contributed by atoms with van der Waals surface area (Å²) in [6, 6.07) is 7.46. The molecule has 1 unspecified atom stereocenters. The number of nitrogens with zero attached hydrogens (tertiary/aromatic N) is 3. The van der Waals surface area contributed by atoms with Gasteiger partial charge in [-0.3, -0.25) is 0 Å². The van der Waals surface area contributed by atoms with Crippen LogP contribution in [0.5, 0.6) is 5.75 Å². The first-order chi connectivity index (χ1) is 9.56. The van der Waals surface area contributed by atoms with Crippen LogP contribution in [-0.4, -0.2) is 19.9 Å². The highest BCUT2D eigenvalue weighted by atomic mass is 16.5. The molecule has 0 saturated carbocycles. The van der Waals surface area contributed by atoms with E-state index in [2.05, 4.69) is 23.9 Å². The third kappa shape index (κ3) is 3.81. The van der Waals surface area contributed by atoms with Gasteiger partial charge in [-0.1, -0.05) is 26.0 Å². The quantitative estimate of drug-likeness (QED) is 0.880. The molecule has 1 heterocycles. The lowest BCUT2D eigenvalue weighted by Crippen LogP contribution is -2.12. The molecule has 1 aromatic heterocycles. The van der Waals surface area contributed by atoms with E-state index >= 15 is 0 Å². The minimum Gasteiger partial charge on any atom is -0.486 e. The Balaban J connectivity index is 2.02. The number of hydrogen-bond acceptors (Lipinski definition) is 4. The zero-order valence-corrected chi connectivity index (χ0v) is 12.2. The molecule has 1 aromatic carbocycles. The Hall–Kier alpha value is -1.88. The molecule has 5 heteroatoms. The van der Waals surface area contributed by atoms with Crippen LogP contribution < -0.4 is 4.74 Å². The van der Waals surface area contributed by atoms with Gasteiger partial charge in [0.25, 0.3) is 0 Å². The van der Waals surface area contributed by atoms with Crippen molar-refractivity contribution in [2.45, 2.75) is 40.0 Å². The van der Waals surface area contributed by atoms with Crippen molar-refractivity contribution in [3.8, 4) is 5.75 Å². The Kier molecular flexibility index (Phi) is 4.74. The first-order valence-electron chi connectivity index (χ1n) is 6.83. The van der Waals surface area contributed by atoms with Gasteiger partial charge in [-0.15, -0.1) is 0 Å². The summed E-state index contributed by atoms with van der Waals surface area (Å²) in [6.45, 7) is 7.21. The van der Waals surface area contributed by atoms with Crippen LogP contribution in [0.1, 0.15) is 38.3 Å². The van der Waals surface area contributed by atoms with E-state index in [-0.39, 0.29) is 0 Å². The van der Waals surface area contributed by atoms with Crippen LogP contribution in [0.2, 0.25) is 0 Å². The molecule has 1 N–H and O–H groups in total. The van der Waals surface area contributed by atoms with Gasteiger partial charge in [0.15, 0.2) is 5.82 Å². The number of hydrogen-bond donors (Lipinski definition) is 1. The van der Waals surface area contributed by atoms with E-state index in [4.69, 9.17) is 4.74 Å². The molecular formula is C15H21N3O2. The summed E-state index contributed by atoms with van der Waals surface area (Å²) in [5.41, 5.74) is 0.839. The summed E-state index contributed by atoms with van der Waals surface area (Å²) >= 11 is 0. The van der Waals surface area contributed by atoms with Gasteiger partial charge in [0.1, 0.15) is 18.7 Å². The highest BCUT2D eigenvalue weighted by Gasteiger charge is 2.08. The van der Waals surface area contributed by atoms with E-state index in [1.807, 2.05) is 28.9 Å². The maximum absolute atomic E-state index is 9.56. The van der Waals surface area contributed by atoms with Crippen LogP contribution in [0, 0.1) is 5.92 Å². The topological polar surface area (TPSA) is 60.2 Å². The first kappa shape index (κ1) is 14.5. The molecular weight excluding hydrogens is 254 g/mol. The summed E-state index contributed by atoms with van der Waals surface area (Å²) < 4.78 is 7.59. The zero-order valence-electron chi connectivity index (χ0n) is 12.2. The lowest BCUT2D eigenvalue weighted by Gasteiger charge is -2.11. The first-order valence-corrected chi connectivity index (χ1v) is 6.83. The van der Waals surface area contributed by atoms with Gasteiger partial charge >= 0.3 is 0 Å². The number of aromatic nitrogens is 3. The molecule has 108 valence electrons. The van der Waals surface area contributed by atoms with Crippen LogP contribution in [0.15, 0.2) is 30.6 Å². The van der Waals surface area contributed by atoms with E-state index < -0.39 is 6.10 Å². The van der Waals surface area contributed by atoms with Crippen LogP contribution in [0.3, 0.4) is 0 Å². The van der Waals surface area contributed by atoms with E-state index in [0.717, 1.165) is 23.7 Å². The van der Waals surface area contributed by atoms with Crippen LogP contribution in [-0.2, 0) is 13.2 Å². The predicted molar refractivity (Wildman–Crippen MR) is 76.3 cm³/mol. The summed E-state index contributed by atoms with van der Waals surface area (Å²) in [5, 5.41) is 13.8. The van der Waals surface area contributed by atoms with Gasteiger partial charge < -0.3 is 9.84 Å². The maximum Gasteiger partial charge on any atom is 0.164 e. The van der Waals surface area contributed by atoms with Crippen molar-refractivity contribution in [2.24, 2.45) is 5.92 Å². The molecule has 0 radical (unpaired) electrons. The van der Waals surface area contributed by atoms with Crippen molar-refractivity contribution >= 4 is 0 Å². The van der Waals surface area contributed by atoms with Crippen molar-refractivity contribution in [2.75, 3.05) is 0 Å². The van der Waals surface area contributed by atoms with Gasteiger partial charge in [0.05, 0.1) is 6.10 Å². The average molecular weight is 275 g/mol. The van der Waals surface area contributed by atoms with Crippen molar-refractivity contribution in [3.63, 3.8) is 0 Å². The Bertz CT molecular complexity index is 550. The fraction of sp³-hybridized carbons (Fsp3) is 0.467. The molecule has 0 fully saturated rings. The monoisotopic (exact) mass is 275 g/mol. The Morgan fingerprint density at radius 2 is 2.10 bits per heavy atom. The number of aliphatic hydroxyl groups excluding tert-OH is 1. The Labute approximate surface area is 119 Å². The van der Waals surface area contributed by atoms with Gasteiger partial charge in [0.2, 0.25) is 0 Å². The largest absolute Gasteiger partial charge is 0.486 e. The lowest BCUT2D eigenvalue weighted by atomic mass is 10.1. The maximum atomic E-state index is 9.56. The molecule has 1 atom stereocenters. The molecule has 0 spiro atoms. The molecule has 0 bridgehead atoms. The van der Waals surface area contributed by atoms with Crippen molar-refractivity contribution in [3.05, 3.63) is 42.0 Å².